The van der Waals surface area contributed by atoms with E-state index in [1.807, 2.05) is 11.4 Å². The Morgan fingerprint density at radius 3 is 3.06 bits per heavy atom. The van der Waals surface area contributed by atoms with Crippen LogP contribution in [0.25, 0.3) is 10.7 Å². The van der Waals surface area contributed by atoms with E-state index >= 15 is 0 Å². The van der Waals surface area contributed by atoms with Crippen LogP contribution in [0.15, 0.2) is 20.4 Å². The maximum absolute atomic E-state index is 5.24. The third-order valence-electron chi connectivity index (χ3n) is 2.72. The summed E-state index contributed by atoms with van der Waals surface area (Å²) in [6.07, 6.45) is 4.86. The average Bonchev–Trinajstić information content (AvgIpc) is 2.81. The molecule has 3 rings (SSSR count). The highest BCUT2D eigenvalue weighted by Crippen LogP contribution is 2.33. The molecule has 5 heteroatoms. The Hall–Kier alpha value is -0.680. The van der Waals surface area contributed by atoms with Gasteiger partial charge in [-0.1, -0.05) is 18.0 Å². The summed E-state index contributed by atoms with van der Waals surface area (Å²) in [5, 5.41) is 6.02. The number of thiophene rings is 1. The van der Waals surface area contributed by atoms with Crippen LogP contribution in [0.1, 0.15) is 25.2 Å². The predicted octanol–water partition coefficient (Wildman–Crippen LogP) is 3.90. The van der Waals surface area contributed by atoms with E-state index in [0.29, 0.717) is 5.82 Å². The summed E-state index contributed by atoms with van der Waals surface area (Å²) >= 11 is 5.04. The molecule has 0 spiro atoms. The van der Waals surface area contributed by atoms with Gasteiger partial charge in [-0.3, -0.25) is 0 Å². The van der Waals surface area contributed by atoms with Gasteiger partial charge in [0.25, 0.3) is 0 Å². The predicted molar refractivity (Wildman–Crippen MR) is 66.4 cm³/mol. The summed E-state index contributed by atoms with van der Waals surface area (Å²) in [4.78, 5) is 5.45. The summed E-state index contributed by atoms with van der Waals surface area (Å²) in [6.45, 7) is 0. The fraction of sp³-hybridized carbons (Fsp3) is 0.455. The van der Waals surface area contributed by atoms with Crippen molar-refractivity contribution < 1.29 is 4.52 Å². The van der Waals surface area contributed by atoms with Crippen molar-refractivity contribution in [1.29, 1.82) is 0 Å². The third kappa shape index (κ3) is 2.35. The van der Waals surface area contributed by atoms with E-state index in [1.165, 1.54) is 19.3 Å². The zero-order valence-electron chi connectivity index (χ0n) is 8.65. The van der Waals surface area contributed by atoms with Crippen LogP contribution in [0.2, 0.25) is 0 Å². The molecule has 2 aromatic rings. The highest BCUT2D eigenvalue weighted by atomic mass is 79.9. The molecular formula is C11H11BrN2OS. The van der Waals surface area contributed by atoms with Crippen molar-refractivity contribution in [3.05, 3.63) is 21.8 Å². The molecule has 0 unspecified atom stereocenters. The number of hydrogen-bond donors (Lipinski definition) is 0. The van der Waals surface area contributed by atoms with Crippen molar-refractivity contribution in [3.8, 4) is 10.7 Å². The van der Waals surface area contributed by atoms with Gasteiger partial charge in [0.05, 0.1) is 4.88 Å². The molecule has 1 saturated carbocycles. The van der Waals surface area contributed by atoms with Gasteiger partial charge in [0.2, 0.25) is 11.7 Å². The van der Waals surface area contributed by atoms with Crippen molar-refractivity contribution in [2.24, 2.45) is 5.92 Å². The third-order valence-corrected chi connectivity index (χ3v) is 4.41. The molecule has 1 aliphatic carbocycles. The molecule has 1 aliphatic rings. The quantitative estimate of drug-likeness (QED) is 0.859. The fourth-order valence-corrected chi connectivity index (χ4v) is 2.97. The largest absolute Gasteiger partial charge is 0.339 e. The van der Waals surface area contributed by atoms with Crippen molar-refractivity contribution in [1.82, 2.24) is 10.1 Å². The van der Waals surface area contributed by atoms with E-state index in [2.05, 4.69) is 26.1 Å². The normalized spacial score (nSPS) is 15.6. The molecule has 0 N–H and O–H groups in total. The minimum Gasteiger partial charge on any atom is -0.339 e. The Bertz CT molecular complexity index is 490. The van der Waals surface area contributed by atoms with E-state index in [9.17, 15) is 0 Å². The summed E-state index contributed by atoms with van der Waals surface area (Å²) in [5.41, 5.74) is 0. The summed E-state index contributed by atoms with van der Waals surface area (Å²) in [7, 11) is 0. The van der Waals surface area contributed by atoms with Crippen molar-refractivity contribution in [2.75, 3.05) is 0 Å². The van der Waals surface area contributed by atoms with E-state index in [0.717, 1.165) is 27.6 Å². The van der Waals surface area contributed by atoms with Crippen molar-refractivity contribution in [3.63, 3.8) is 0 Å². The second kappa shape index (κ2) is 4.30. The van der Waals surface area contributed by atoms with Gasteiger partial charge in [-0.25, -0.2) is 0 Å². The van der Waals surface area contributed by atoms with Crippen LogP contribution in [-0.4, -0.2) is 10.1 Å². The van der Waals surface area contributed by atoms with Gasteiger partial charge < -0.3 is 4.52 Å². The van der Waals surface area contributed by atoms with Crippen LogP contribution >= 0.6 is 27.3 Å². The monoisotopic (exact) mass is 298 g/mol. The lowest BCUT2D eigenvalue weighted by molar-refractivity contribution is 0.373. The van der Waals surface area contributed by atoms with Crippen LogP contribution in [0.5, 0.6) is 0 Å². The van der Waals surface area contributed by atoms with E-state index < -0.39 is 0 Å². The molecule has 0 aromatic carbocycles. The summed E-state index contributed by atoms with van der Waals surface area (Å²) in [5.74, 6) is 2.39. The number of aromatic nitrogens is 2. The molecule has 1 fully saturated rings. The minimum atomic E-state index is 0.710. The van der Waals surface area contributed by atoms with Gasteiger partial charge in [0.1, 0.15) is 0 Å². The molecule has 0 saturated heterocycles. The van der Waals surface area contributed by atoms with E-state index in [4.69, 9.17) is 4.52 Å². The van der Waals surface area contributed by atoms with Crippen LogP contribution in [-0.2, 0) is 6.42 Å². The fourth-order valence-electron chi connectivity index (χ4n) is 1.62. The van der Waals surface area contributed by atoms with Crippen LogP contribution < -0.4 is 0 Å². The first-order valence-corrected chi connectivity index (χ1v) is 7.05. The summed E-state index contributed by atoms with van der Waals surface area (Å²) < 4.78 is 6.30. The first-order chi connectivity index (χ1) is 7.81. The van der Waals surface area contributed by atoms with E-state index in [1.54, 1.807) is 11.3 Å². The molecule has 0 radical (unpaired) electrons. The molecule has 3 nitrogen and oxygen atoms in total. The minimum absolute atomic E-state index is 0.710. The molecule has 2 heterocycles. The smallest absolute Gasteiger partial charge is 0.226 e. The number of hydrogen-bond acceptors (Lipinski definition) is 4. The lowest BCUT2D eigenvalue weighted by atomic mass is 10.2. The molecule has 16 heavy (non-hydrogen) atoms. The second-order valence-electron chi connectivity index (χ2n) is 4.12. The van der Waals surface area contributed by atoms with Crippen LogP contribution in [0.3, 0.4) is 0 Å². The lowest BCUT2D eigenvalue weighted by Crippen LogP contribution is -1.86. The van der Waals surface area contributed by atoms with Crippen LogP contribution in [0.4, 0.5) is 0 Å². The first-order valence-electron chi connectivity index (χ1n) is 5.38. The number of rotatable bonds is 4. The molecule has 0 aliphatic heterocycles. The Kier molecular flexibility index (Phi) is 2.81. The molecule has 0 bridgehead atoms. The van der Waals surface area contributed by atoms with E-state index in [-0.39, 0.29) is 0 Å². The first kappa shape index (κ1) is 10.5. The number of nitrogens with zero attached hydrogens (tertiary/aromatic N) is 2. The van der Waals surface area contributed by atoms with Gasteiger partial charge in [-0.15, -0.1) is 11.3 Å². The standard InChI is InChI=1S/C11H11BrN2OS/c12-8-5-9(16-6-8)11-13-10(15-14-11)4-3-7-1-2-7/h5-7H,1-4H2. The zero-order valence-corrected chi connectivity index (χ0v) is 11.1. The molecule has 0 amide bonds. The Labute approximate surface area is 106 Å². The molecule has 84 valence electrons. The molecule has 2 aromatic heterocycles. The Balaban J connectivity index is 1.71. The summed E-state index contributed by atoms with van der Waals surface area (Å²) in [6, 6.07) is 2.01. The van der Waals surface area contributed by atoms with Gasteiger partial charge in [-0.05, 0) is 34.3 Å². The highest BCUT2D eigenvalue weighted by molar-refractivity contribution is 9.10. The van der Waals surface area contributed by atoms with Crippen LogP contribution in [0, 0.1) is 5.92 Å². The SMILES string of the molecule is Brc1csc(-c2noc(CCC3CC3)n2)c1. The lowest BCUT2D eigenvalue weighted by Gasteiger charge is -1.89. The van der Waals surface area contributed by atoms with Crippen molar-refractivity contribution in [2.45, 2.75) is 25.7 Å². The maximum Gasteiger partial charge on any atom is 0.226 e. The Morgan fingerprint density at radius 1 is 1.50 bits per heavy atom. The zero-order chi connectivity index (χ0) is 11.0. The number of aryl methyl sites for hydroxylation is 1. The second-order valence-corrected chi connectivity index (χ2v) is 5.95. The molecule has 0 atom stereocenters. The van der Waals surface area contributed by atoms with Gasteiger partial charge in [-0.2, -0.15) is 4.98 Å². The number of halogens is 1. The molecular weight excluding hydrogens is 288 g/mol. The average molecular weight is 299 g/mol. The van der Waals surface area contributed by atoms with Gasteiger partial charge >= 0.3 is 0 Å². The topological polar surface area (TPSA) is 38.9 Å². The Morgan fingerprint density at radius 2 is 2.38 bits per heavy atom. The van der Waals surface area contributed by atoms with Gasteiger partial charge in [0.15, 0.2) is 0 Å². The maximum atomic E-state index is 5.24. The van der Waals surface area contributed by atoms with Gasteiger partial charge in [0, 0.05) is 16.3 Å². The highest BCUT2D eigenvalue weighted by Gasteiger charge is 2.22. The van der Waals surface area contributed by atoms with Crippen molar-refractivity contribution >= 4 is 27.3 Å².